The maximum Gasteiger partial charge on any atom is 0.148 e. The van der Waals surface area contributed by atoms with Crippen LogP contribution in [0.3, 0.4) is 0 Å². The van der Waals surface area contributed by atoms with Crippen molar-refractivity contribution >= 4 is 27.6 Å². The molecule has 1 unspecified atom stereocenters. The van der Waals surface area contributed by atoms with Crippen LogP contribution < -0.4 is 10.6 Å². The van der Waals surface area contributed by atoms with Gasteiger partial charge in [0, 0.05) is 19.1 Å². The number of aromatic nitrogens is 2. The van der Waals surface area contributed by atoms with Gasteiger partial charge in [-0.1, -0.05) is 6.92 Å². The highest BCUT2D eigenvalue weighted by Gasteiger charge is 2.25. The topological polar surface area (TPSA) is 58.3 Å². The van der Waals surface area contributed by atoms with E-state index in [1.807, 2.05) is 0 Å². The Morgan fingerprint density at radius 1 is 1.44 bits per heavy atom. The van der Waals surface area contributed by atoms with Crippen molar-refractivity contribution in [3.05, 3.63) is 10.8 Å². The lowest BCUT2D eigenvalue weighted by molar-refractivity contribution is 0.327. The van der Waals surface area contributed by atoms with Gasteiger partial charge in [-0.2, -0.15) is 0 Å². The standard InChI is InChI=1S/C12H20BrN5/c1-3-9-7-17(2)5-4-6-18(9)12-10(13)11(14)15-8-16-12/h8-9H,3-7H2,1-2H3,(H2,14,15,16). The van der Waals surface area contributed by atoms with Gasteiger partial charge >= 0.3 is 0 Å². The van der Waals surface area contributed by atoms with Crippen LogP contribution in [-0.2, 0) is 0 Å². The van der Waals surface area contributed by atoms with Crippen LogP contribution in [-0.4, -0.2) is 47.6 Å². The molecule has 6 heteroatoms. The summed E-state index contributed by atoms with van der Waals surface area (Å²) in [5.74, 6) is 1.43. The normalized spacial score (nSPS) is 21.9. The first kappa shape index (κ1) is 13.5. The molecule has 0 aromatic carbocycles. The molecule has 0 aliphatic carbocycles. The molecule has 0 spiro atoms. The first-order chi connectivity index (χ1) is 8.63. The molecule has 1 aromatic rings. The van der Waals surface area contributed by atoms with Gasteiger partial charge in [-0.3, -0.25) is 0 Å². The maximum atomic E-state index is 5.85. The smallest absolute Gasteiger partial charge is 0.148 e. The Labute approximate surface area is 117 Å². The van der Waals surface area contributed by atoms with Gasteiger partial charge in [-0.05, 0) is 42.4 Å². The van der Waals surface area contributed by atoms with Crippen molar-refractivity contribution in [1.82, 2.24) is 14.9 Å². The molecule has 1 aliphatic heterocycles. The number of likely N-dealkylation sites (N-methyl/N-ethyl adjacent to an activating group) is 1. The van der Waals surface area contributed by atoms with Crippen molar-refractivity contribution in [2.75, 3.05) is 37.3 Å². The molecule has 18 heavy (non-hydrogen) atoms. The minimum Gasteiger partial charge on any atom is -0.383 e. The van der Waals surface area contributed by atoms with E-state index in [0.29, 0.717) is 11.9 Å². The van der Waals surface area contributed by atoms with Gasteiger partial charge in [0.05, 0.1) is 0 Å². The molecule has 0 radical (unpaired) electrons. The van der Waals surface area contributed by atoms with Crippen LogP contribution in [0.5, 0.6) is 0 Å². The Balaban J connectivity index is 2.31. The third kappa shape index (κ3) is 2.75. The average Bonchev–Trinajstić information content (AvgIpc) is 2.54. The molecule has 2 rings (SSSR count). The molecular formula is C12H20BrN5. The zero-order valence-corrected chi connectivity index (χ0v) is 12.5. The molecule has 1 fully saturated rings. The molecule has 0 bridgehead atoms. The second kappa shape index (κ2) is 5.84. The molecule has 2 heterocycles. The Morgan fingerprint density at radius 2 is 2.22 bits per heavy atom. The van der Waals surface area contributed by atoms with Gasteiger partial charge in [0.15, 0.2) is 0 Å². The van der Waals surface area contributed by atoms with Crippen molar-refractivity contribution in [3.8, 4) is 0 Å². The van der Waals surface area contributed by atoms with Crippen LogP contribution >= 0.6 is 15.9 Å². The van der Waals surface area contributed by atoms with Crippen LogP contribution in [0.4, 0.5) is 11.6 Å². The van der Waals surface area contributed by atoms with Crippen molar-refractivity contribution in [1.29, 1.82) is 0 Å². The lowest BCUT2D eigenvalue weighted by Gasteiger charge is -2.31. The van der Waals surface area contributed by atoms with Gasteiger partial charge in [0.1, 0.15) is 22.4 Å². The summed E-state index contributed by atoms with van der Waals surface area (Å²) in [5.41, 5.74) is 5.85. The third-order valence-corrected chi connectivity index (χ3v) is 4.20. The highest BCUT2D eigenvalue weighted by Crippen LogP contribution is 2.30. The number of nitrogens with zero attached hydrogens (tertiary/aromatic N) is 4. The zero-order valence-electron chi connectivity index (χ0n) is 10.9. The average molecular weight is 314 g/mol. The molecule has 0 saturated carbocycles. The van der Waals surface area contributed by atoms with Crippen LogP contribution in [0, 0.1) is 0 Å². The number of hydrogen-bond donors (Lipinski definition) is 1. The largest absolute Gasteiger partial charge is 0.383 e. The van der Waals surface area contributed by atoms with Gasteiger partial charge in [-0.25, -0.2) is 9.97 Å². The van der Waals surface area contributed by atoms with Crippen LogP contribution in [0.15, 0.2) is 10.8 Å². The number of halogens is 1. The van der Waals surface area contributed by atoms with Crippen molar-refractivity contribution < 1.29 is 0 Å². The van der Waals surface area contributed by atoms with E-state index in [0.717, 1.165) is 42.8 Å². The molecule has 1 saturated heterocycles. The fourth-order valence-corrected chi connectivity index (χ4v) is 2.88. The molecule has 1 atom stereocenters. The zero-order chi connectivity index (χ0) is 13.1. The van der Waals surface area contributed by atoms with E-state index in [9.17, 15) is 0 Å². The summed E-state index contributed by atoms with van der Waals surface area (Å²) < 4.78 is 0.813. The van der Waals surface area contributed by atoms with Crippen LogP contribution in [0.2, 0.25) is 0 Å². The monoisotopic (exact) mass is 313 g/mol. The number of nitrogens with two attached hydrogens (primary N) is 1. The first-order valence-electron chi connectivity index (χ1n) is 6.34. The summed E-state index contributed by atoms with van der Waals surface area (Å²) >= 11 is 3.51. The predicted octanol–water partition coefficient (Wildman–Crippen LogP) is 1.74. The molecule has 1 aromatic heterocycles. The van der Waals surface area contributed by atoms with Crippen molar-refractivity contribution in [2.45, 2.75) is 25.8 Å². The second-order valence-corrected chi connectivity index (χ2v) is 5.56. The fourth-order valence-electron chi connectivity index (χ4n) is 2.45. The second-order valence-electron chi connectivity index (χ2n) is 4.77. The van der Waals surface area contributed by atoms with E-state index in [1.165, 1.54) is 6.33 Å². The van der Waals surface area contributed by atoms with E-state index < -0.39 is 0 Å². The van der Waals surface area contributed by atoms with Crippen molar-refractivity contribution in [2.24, 2.45) is 0 Å². The summed E-state index contributed by atoms with van der Waals surface area (Å²) in [6.07, 6.45) is 3.78. The molecular weight excluding hydrogens is 294 g/mol. The van der Waals surface area contributed by atoms with E-state index in [4.69, 9.17) is 5.73 Å². The van der Waals surface area contributed by atoms with Gasteiger partial charge in [-0.15, -0.1) is 0 Å². The molecule has 100 valence electrons. The summed E-state index contributed by atoms with van der Waals surface area (Å²) in [6, 6.07) is 0.475. The Kier molecular flexibility index (Phi) is 4.40. The third-order valence-electron chi connectivity index (χ3n) is 3.44. The van der Waals surface area contributed by atoms with Gasteiger partial charge < -0.3 is 15.5 Å². The van der Waals surface area contributed by atoms with Crippen molar-refractivity contribution in [3.63, 3.8) is 0 Å². The van der Waals surface area contributed by atoms with E-state index in [2.05, 4.69) is 49.7 Å². The van der Waals surface area contributed by atoms with Crippen LogP contribution in [0.25, 0.3) is 0 Å². The number of hydrogen-bond acceptors (Lipinski definition) is 5. The summed E-state index contributed by atoms with van der Waals surface area (Å²) in [4.78, 5) is 13.1. The lowest BCUT2D eigenvalue weighted by atomic mass is 10.2. The quantitative estimate of drug-likeness (QED) is 0.901. The highest BCUT2D eigenvalue weighted by atomic mass is 79.9. The summed E-state index contributed by atoms with van der Waals surface area (Å²) in [5, 5.41) is 0. The highest BCUT2D eigenvalue weighted by molar-refractivity contribution is 9.10. The minimum absolute atomic E-state index is 0.475. The Morgan fingerprint density at radius 3 is 2.94 bits per heavy atom. The fraction of sp³-hybridized carbons (Fsp3) is 0.667. The first-order valence-corrected chi connectivity index (χ1v) is 7.14. The molecule has 1 aliphatic rings. The van der Waals surface area contributed by atoms with E-state index in [1.54, 1.807) is 0 Å². The van der Waals surface area contributed by atoms with Gasteiger partial charge in [0.2, 0.25) is 0 Å². The summed E-state index contributed by atoms with van der Waals surface area (Å²) in [7, 11) is 2.18. The maximum absolute atomic E-state index is 5.85. The predicted molar refractivity (Wildman–Crippen MR) is 77.7 cm³/mol. The Bertz CT molecular complexity index is 411. The molecule has 5 nitrogen and oxygen atoms in total. The Hall–Kier alpha value is -0.880. The van der Waals surface area contributed by atoms with Crippen LogP contribution in [0.1, 0.15) is 19.8 Å². The van der Waals surface area contributed by atoms with E-state index in [-0.39, 0.29) is 0 Å². The van der Waals surface area contributed by atoms with E-state index >= 15 is 0 Å². The number of nitrogen functional groups attached to an aromatic ring is 1. The molecule has 0 amide bonds. The lowest BCUT2D eigenvalue weighted by Crippen LogP contribution is -2.40. The number of anilines is 2. The summed E-state index contributed by atoms with van der Waals surface area (Å²) in [6.45, 7) is 5.42. The SMILES string of the molecule is CCC1CN(C)CCCN1c1ncnc(N)c1Br. The van der Waals surface area contributed by atoms with Gasteiger partial charge in [0.25, 0.3) is 0 Å². The minimum atomic E-state index is 0.475. The molecule has 2 N–H and O–H groups in total. The number of rotatable bonds is 2.